The van der Waals surface area contributed by atoms with E-state index in [0.717, 1.165) is 12.1 Å². The van der Waals surface area contributed by atoms with E-state index in [1.165, 1.54) is 16.4 Å². The summed E-state index contributed by atoms with van der Waals surface area (Å²) in [5.74, 6) is -1.10. The van der Waals surface area contributed by atoms with Gasteiger partial charge in [-0.1, -0.05) is 30.3 Å². The molecular formula is C20H21F3N2O3S. The third-order valence-corrected chi connectivity index (χ3v) is 6.64. The Morgan fingerprint density at radius 1 is 1.07 bits per heavy atom. The molecule has 1 heterocycles. The van der Waals surface area contributed by atoms with Crippen molar-refractivity contribution in [2.24, 2.45) is 5.92 Å². The Labute approximate surface area is 167 Å². The molecule has 1 aliphatic heterocycles. The number of carbonyl (C=O) groups is 1. The van der Waals surface area contributed by atoms with Gasteiger partial charge in [-0.25, -0.2) is 12.7 Å². The second kappa shape index (κ2) is 8.54. The molecule has 2 aromatic rings. The van der Waals surface area contributed by atoms with Crippen molar-refractivity contribution in [2.75, 3.05) is 18.4 Å². The van der Waals surface area contributed by atoms with Gasteiger partial charge in [-0.05, 0) is 42.7 Å². The number of rotatable bonds is 5. The number of halogens is 3. The normalized spacial score (nSPS) is 18.4. The summed E-state index contributed by atoms with van der Waals surface area (Å²) >= 11 is 0. The molecule has 0 radical (unpaired) electrons. The average molecular weight is 426 g/mol. The molecule has 5 nitrogen and oxygen atoms in total. The Kier molecular flexibility index (Phi) is 6.28. The van der Waals surface area contributed by atoms with E-state index in [-0.39, 0.29) is 18.0 Å². The van der Waals surface area contributed by atoms with Gasteiger partial charge in [0.25, 0.3) is 0 Å². The first-order valence-corrected chi connectivity index (χ1v) is 10.8. The second-order valence-corrected chi connectivity index (χ2v) is 8.97. The largest absolute Gasteiger partial charge is 0.416 e. The maximum Gasteiger partial charge on any atom is 0.416 e. The summed E-state index contributed by atoms with van der Waals surface area (Å²) in [6.07, 6.45) is -3.39. The lowest BCUT2D eigenvalue weighted by Crippen LogP contribution is -2.44. The van der Waals surface area contributed by atoms with Crippen LogP contribution in [0.25, 0.3) is 0 Å². The SMILES string of the molecule is O=C(Nc1ccc(C(F)(F)F)cc1)C1CCCN(S(=O)(=O)Cc2ccccc2)C1. The minimum atomic E-state index is -4.44. The number of anilines is 1. The first kappa shape index (κ1) is 21.3. The number of sulfonamides is 1. The van der Waals surface area contributed by atoms with Gasteiger partial charge in [-0.3, -0.25) is 4.79 Å². The molecule has 1 saturated heterocycles. The zero-order chi connectivity index (χ0) is 21.1. The van der Waals surface area contributed by atoms with Crippen LogP contribution in [0.3, 0.4) is 0 Å². The Morgan fingerprint density at radius 2 is 1.72 bits per heavy atom. The number of piperidine rings is 1. The van der Waals surface area contributed by atoms with Crippen LogP contribution in [0, 0.1) is 5.92 Å². The quantitative estimate of drug-likeness (QED) is 0.789. The summed E-state index contributed by atoms with van der Waals surface area (Å²) in [5, 5.41) is 2.58. The van der Waals surface area contributed by atoms with Crippen LogP contribution in [0.2, 0.25) is 0 Å². The number of hydrogen-bond acceptors (Lipinski definition) is 3. The third-order valence-electron chi connectivity index (χ3n) is 4.82. The summed E-state index contributed by atoms with van der Waals surface area (Å²) < 4.78 is 64.6. The number of carbonyl (C=O) groups excluding carboxylic acids is 1. The average Bonchev–Trinajstić information content (AvgIpc) is 2.68. The molecule has 1 aliphatic rings. The molecular weight excluding hydrogens is 405 g/mol. The lowest BCUT2D eigenvalue weighted by atomic mass is 9.98. The molecule has 3 rings (SSSR count). The summed E-state index contributed by atoms with van der Waals surface area (Å²) in [5.41, 5.74) is 0.113. The molecule has 29 heavy (non-hydrogen) atoms. The molecule has 1 fully saturated rings. The standard InChI is InChI=1S/C20H21F3N2O3S/c21-20(22,23)17-8-10-18(11-9-17)24-19(26)16-7-4-12-25(13-16)29(27,28)14-15-5-2-1-3-6-15/h1-3,5-6,8-11,16H,4,7,12-14H2,(H,24,26). The van der Waals surface area contributed by atoms with E-state index in [2.05, 4.69) is 5.32 Å². The maximum atomic E-state index is 12.7. The maximum absolute atomic E-state index is 12.7. The number of hydrogen-bond donors (Lipinski definition) is 1. The van der Waals surface area contributed by atoms with Gasteiger partial charge in [0.05, 0.1) is 17.2 Å². The van der Waals surface area contributed by atoms with Gasteiger partial charge in [-0.2, -0.15) is 13.2 Å². The first-order chi connectivity index (χ1) is 13.6. The molecule has 1 unspecified atom stereocenters. The summed E-state index contributed by atoms with van der Waals surface area (Å²) in [7, 11) is -3.57. The van der Waals surface area contributed by atoms with Gasteiger partial charge >= 0.3 is 6.18 Å². The molecule has 0 aliphatic carbocycles. The van der Waals surface area contributed by atoms with E-state index in [1.807, 2.05) is 0 Å². The van der Waals surface area contributed by atoms with E-state index < -0.39 is 33.6 Å². The molecule has 2 aromatic carbocycles. The van der Waals surface area contributed by atoms with Gasteiger partial charge in [0.2, 0.25) is 15.9 Å². The van der Waals surface area contributed by atoms with Crippen LogP contribution in [0.5, 0.6) is 0 Å². The monoisotopic (exact) mass is 426 g/mol. The van der Waals surface area contributed by atoms with Gasteiger partial charge < -0.3 is 5.32 Å². The minimum Gasteiger partial charge on any atom is -0.326 e. The highest BCUT2D eigenvalue weighted by atomic mass is 32.2. The zero-order valence-electron chi connectivity index (χ0n) is 15.5. The van der Waals surface area contributed by atoms with Crippen LogP contribution in [0.4, 0.5) is 18.9 Å². The predicted molar refractivity (Wildman–Crippen MR) is 103 cm³/mol. The number of benzene rings is 2. The van der Waals surface area contributed by atoms with Crippen molar-refractivity contribution in [3.05, 3.63) is 65.7 Å². The summed E-state index contributed by atoms with van der Waals surface area (Å²) in [6.45, 7) is 0.404. The molecule has 1 atom stereocenters. The summed E-state index contributed by atoms with van der Waals surface area (Å²) in [4.78, 5) is 12.5. The minimum absolute atomic E-state index is 0.0572. The third kappa shape index (κ3) is 5.57. The fourth-order valence-corrected chi connectivity index (χ4v) is 4.88. The fourth-order valence-electron chi connectivity index (χ4n) is 3.27. The highest BCUT2D eigenvalue weighted by Gasteiger charge is 2.33. The van der Waals surface area contributed by atoms with Gasteiger partial charge in [-0.15, -0.1) is 0 Å². The Bertz CT molecular complexity index is 945. The Balaban J connectivity index is 1.63. The smallest absolute Gasteiger partial charge is 0.326 e. The Morgan fingerprint density at radius 3 is 2.34 bits per heavy atom. The van der Waals surface area contributed by atoms with Crippen molar-refractivity contribution >= 4 is 21.6 Å². The molecule has 0 spiro atoms. The highest BCUT2D eigenvalue weighted by Crippen LogP contribution is 2.30. The van der Waals surface area contributed by atoms with E-state index in [4.69, 9.17) is 0 Å². The van der Waals surface area contributed by atoms with E-state index >= 15 is 0 Å². The molecule has 1 N–H and O–H groups in total. The number of alkyl halides is 3. The fraction of sp³-hybridized carbons (Fsp3) is 0.350. The van der Waals surface area contributed by atoms with Crippen LogP contribution in [-0.2, 0) is 26.7 Å². The molecule has 156 valence electrons. The van der Waals surface area contributed by atoms with Gasteiger partial charge in [0.15, 0.2) is 0 Å². The number of nitrogens with one attached hydrogen (secondary N) is 1. The molecule has 0 bridgehead atoms. The van der Waals surface area contributed by atoms with Crippen molar-refractivity contribution in [2.45, 2.75) is 24.8 Å². The number of amides is 1. The van der Waals surface area contributed by atoms with Gasteiger partial charge in [0, 0.05) is 18.8 Å². The van der Waals surface area contributed by atoms with Crippen molar-refractivity contribution in [1.29, 1.82) is 0 Å². The van der Waals surface area contributed by atoms with Crippen LogP contribution < -0.4 is 5.32 Å². The topological polar surface area (TPSA) is 66.5 Å². The molecule has 9 heteroatoms. The highest BCUT2D eigenvalue weighted by molar-refractivity contribution is 7.88. The van der Waals surface area contributed by atoms with Crippen molar-refractivity contribution in [1.82, 2.24) is 4.31 Å². The van der Waals surface area contributed by atoms with Crippen molar-refractivity contribution in [3.8, 4) is 0 Å². The van der Waals surface area contributed by atoms with Crippen LogP contribution in [0.1, 0.15) is 24.0 Å². The van der Waals surface area contributed by atoms with E-state index in [0.29, 0.717) is 24.9 Å². The van der Waals surface area contributed by atoms with Crippen molar-refractivity contribution < 1.29 is 26.4 Å². The zero-order valence-corrected chi connectivity index (χ0v) is 16.3. The lowest BCUT2D eigenvalue weighted by molar-refractivity contribution is -0.137. The Hall–Kier alpha value is -2.39. The van der Waals surface area contributed by atoms with Crippen LogP contribution in [-0.4, -0.2) is 31.7 Å². The van der Waals surface area contributed by atoms with Gasteiger partial charge in [0.1, 0.15) is 0 Å². The van der Waals surface area contributed by atoms with Crippen LogP contribution >= 0.6 is 0 Å². The molecule has 0 saturated carbocycles. The predicted octanol–water partition coefficient (Wildman–Crippen LogP) is 3.89. The number of nitrogens with zero attached hydrogens (tertiary/aromatic N) is 1. The van der Waals surface area contributed by atoms with E-state index in [1.54, 1.807) is 30.3 Å². The lowest BCUT2D eigenvalue weighted by Gasteiger charge is -2.31. The van der Waals surface area contributed by atoms with Crippen molar-refractivity contribution in [3.63, 3.8) is 0 Å². The molecule has 0 aromatic heterocycles. The first-order valence-electron chi connectivity index (χ1n) is 9.15. The molecule has 1 amide bonds. The summed E-state index contributed by atoms with van der Waals surface area (Å²) in [6, 6.07) is 13.0. The second-order valence-electron chi connectivity index (χ2n) is 7.00. The van der Waals surface area contributed by atoms with E-state index in [9.17, 15) is 26.4 Å². The van der Waals surface area contributed by atoms with Crippen LogP contribution in [0.15, 0.2) is 54.6 Å².